The van der Waals surface area contributed by atoms with Gasteiger partial charge in [-0.05, 0) is 39.7 Å². The summed E-state index contributed by atoms with van der Waals surface area (Å²) in [5, 5.41) is 0. The average Bonchev–Trinajstić information content (AvgIpc) is 2.59. The number of carbonyl (C=O) groups is 1. The van der Waals surface area contributed by atoms with E-state index < -0.39 is 17.4 Å². The van der Waals surface area contributed by atoms with Crippen LogP contribution in [-0.2, 0) is 29.6 Å². The van der Waals surface area contributed by atoms with Crippen molar-refractivity contribution in [2.45, 2.75) is 51.9 Å². The second-order valence-corrected chi connectivity index (χ2v) is 6.20. The van der Waals surface area contributed by atoms with Crippen LogP contribution in [0.1, 0.15) is 46.1 Å². The molecule has 0 saturated heterocycles. The minimum Gasteiger partial charge on any atom is -0.463 e. The Balaban J connectivity index is 2.62. The van der Waals surface area contributed by atoms with Gasteiger partial charge >= 0.3 is 5.97 Å². The fraction of sp³-hybridized carbons (Fsp3) is 0.526. The maximum absolute atomic E-state index is 11.6. The van der Waals surface area contributed by atoms with Gasteiger partial charge in [0.25, 0.3) is 0 Å². The smallest absolute Gasteiger partial charge is 0.333 e. The number of carbonyl (C=O) groups excluding carboxylic acids is 1. The van der Waals surface area contributed by atoms with E-state index in [0.717, 1.165) is 5.56 Å². The van der Waals surface area contributed by atoms with Crippen molar-refractivity contribution in [3.63, 3.8) is 0 Å². The Labute approximate surface area is 144 Å². The van der Waals surface area contributed by atoms with Gasteiger partial charge in [0, 0.05) is 19.1 Å². The van der Waals surface area contributed by atoms with E-state index in [1.54, 1.807) is 13.8 Å². The van der Waals surface area contributed by atoms with Crippen LogP contribution in [0.3, 0.4) is 0 Å². The molecule has 0 amide bonds. The maximum Gasteiger partial charge on any atom is 0.333 e. The van der Waals surface area contributed by atoms with Crippen LogP contribution in [0.5, 0.6) is 0 Å². The summed E-state index contributed by atoms with van der Waals surface area (Å²) in [6.07, 6.45) is 0.796. The minimum absolute atomic E-state index is 0.324. The van der Waals surface area contributed by atoms with Crippen LogP contribution < -0.4 is 0 Å². The van der Waals surface area contributed by atoms with E-state index >= 15 is 0 Å². The van der Waals surface area contributed by atoms with Gasteiger partial charge in [-0.2, -0.15) is 0 Å². The Morgan fingerprint density at radius 2 is 1.75 bits per heavy atom. The van der Waals surface area contributed by atoms with Crippen LogP contribution in [0.4, 0.5) is 0 Å². The zero-order chi connectivity index (χ0) is 18.2. The van der Waals surface area contributed by atoms with E-state index in [-0.39, 0.29) is 0 Å². The van der Waals surface area contributed by atoms with Crippen molar-refractivity contribution in [1.82, 2.24) is 0 Å². The summed E-state index contributed by atoms with van der Waals surface area (Å²) in [5.41, 5.74) is 0.726. The Morgan fingerprint density at radius 3 is 2.29 bits per heavy atom. The lowest BCUT2D eigenvalue weighted by Crippen LogP contribution is -2.35. The van der Waals surface area contributed by atoms with Crippen molar-refractivity contribution in [3.05, 3.63) is 48.0 Å². The molecule has 24 heavy (non-hydrogen) atoms. The topological polar surface area (TPSA) is 54.0 Å². The van der Waals surface area contributed by atoms with Crippen LogP contribution in [0.25, 0.3) is 0 Å². The maximum atomic E-state index is 11.6. The number of benzene rings is 1. The Morgan fingerprint density at radius 1 is 1.12 bits per heavy atom. The normalized spacial score (nSPS) is 14.0. The summed E-state index contributed by atoms with van der Waals surface area (Å²) >= 11 is 0. The molecule has 0 aliphatic carbocycles. The molecule has 0 bridgehead atoms. The van der Waals surface area contributed by atoms with E-state index in [0.29, 0.717) is 25.0 Å². The molecule has 1 unspecified atom stereocenters. The second kappa shape index (κ2) is 8.97. The molecular weight excluding hydrogens is 308 g/mol. The summed E-state index contributed by atoms with van der Waals surface area (Å²) in [6.45, 7) is 11.4. The Bertz CT molecular complexity index is 538. The lowest BCUT2D eigenvalue weighted by Gasteiger charge is -2.32. The van der Waals surface area contributed by atoms with Gasteiger partial charge < -0.3 is 9.47 Å². The Kier molecular flexibility index (Phi) is 7.60. The van der Waals surface area contributed by atoms with Crippen molar-refractivity contribution in [2.24, 2.45) is 0 Å². The summed E-state index contributed by atoms with van der Waals surface area (Å²) in [6, 6.07) is 9.77. The third kappa shape index (κ3) is 6.07. The molecule has 1 atom stereocenters. The van der Waals surface area contributed by atoms with Gasteiger partial charge in [0.1, 0.15) is 5.60 Å². The number of esters is 1. The molecule has 0 heterocycles. The number of hydrogen-bond donors (Lipinski definition) is 0. The fourth-order valence-corrected chi connectivity index (χ4v) is 1.97. The molecule has 1 rings (SSSR count). The Hall–Kier alpha value is -1.69. The van der Waals surface area contributed by atoms with Crippen LogP contribution >= 0.6 is 0 Å². The highest BCUT2D eigenvalue weighted by Crippen LogP contribution is 2.29. The van der Waals surface area contributed by atoms with Crippen LogP contribution in [0.15, 0.2) is 42.5 Å². The molecular formula is C19H28O5. The van der Waals surface area contributed by atoms with Crippen LogP contribution in [-0.4, -0.2) is 25.5 Å². The molecule has 0 N–H and O–H groups in total. The van der Waals surface area contributed by atoms with Crippen molar-refractivity contribution in [3.8, 4) is 0 Å². The molecule has 0 aliphatic rings. The fourth-order valence-electron chi connectivity index (χ4n) is 1.97. The quantitative estimate of drug-likeness (QED) is 0.211. The van der Waals surface area contributed by atoms with Gasteiger partial charge in [0.15, 0.2) is 5.79 Å². The first kappa shape index (κ1) is 20.4. The summed E-state index contributed by atoms with van der Waals surface area (Å²) in [4.78, 5) is 22.8. The lowest BCUT2D eigenvalue weighted by molar-refractivity contribution is -0.458. The molecule has 5 nitrogen and oxygen atoms in total. The zero-order valence-corrected chi connectivity index (χ0v) is 15.3. The second-order valence-electron chi connectivity index (χ2n) is 6.20. The largest absolute Gasteiger partial charge is 0.463 e. The van der Waals surface area contributed by atoms with Crippen LogP contribution in [0, 0.1) is 0 Å². The third-order valence-electron chi connectivity index (χ3n) is 3.77. The molecule has 0 spiro atoms. The predicted octanol–water partition coefficient (Wildman–Crippen LogP) is 4.13. The molecule has 1 aromatic rings. The van der Waals surface area contributed by atoms with E-state index in [9.17, 15) is 4.79 Å². The minimum atomic E-state index is -0.999. The molecule has 0 aromatic heterocycles. The van der Waals surface area contributed by atoms with Crippen LogP contribution in [0.2, 0.25) is 0 Å². The van der Waals surface area contributed by atoms with E-state index in [4.69, 9.17) is 19.2 Å². The monoisotopic (exact) mass is 336 g/mol. The SMILES string of the molecule is C=C(CCC(C)(OC)OOC(C)(C)c1ccccc1)C(=O)OCC. The molecule has 1 aromatic carbocycles. The third-order valence-corrected chi connectivity index (χ3v) is 3.77. The number of rotatable bonds is 10. The molecule has 134 valence electrons. The molecule has 0 saturated carbocycles. The van der Waals surface area contributed by atoms with E-state index in [1.807, 2.05) is 44.2 Å². The highest BCUT2D eigenvalue weighted by atomic mass is 17.2. The highest BCUT2D eigenvalue weighted by molar-refractivity contribution is 5.87. The highest BCUT2D eigenvalue weighted by Gasteiger charge is 2.32. The van der Waals surface area contributed by atoms with Crippen molar-refractivity contribution >= 4 is 5.97 Å². The molecule has 5 heteroatoms. The summed E-state index contributed by atoms with van der Waals surface area (Å²) in [5.74, 6) is -1.40. The van der Waals surface area contributed by atoms with Gasteiger partial charge in [-0.15, -0.1) is 0 Å². The average molecular weight is 336 g/mol. The lowest BCUT2D eigenvalue weighted by atomic mass is 9.99. The standard InChI is InChI=1S/C19H28O5/c1-7-22-17(20)15(2)13-14-19(5,21-6)24-23-18(3,4)16-11-9-8-10-12-16/h8-12H,2,7,13-14H2,1,3-6H3. The van der Waals surface area contributed by atoms with Gasteiger partial charge in [0.2, 0.25) is 0 Å². The zero-order valence-electron chi connectivity index (χ0n) is 15.3. The van der Waals surface area contributed by atoms with E-state index in [2.05, 4.69) is 6.58 Å². The van der Waals surface area contributed by atoms with E-state index in [1.165, 1.54) is 7.11 Å². The van der Waals surface area contributed by atoms with Crippen molar-refractivity contribution in [1.29, 1.82) is 0 Å². The summed E-state index contributed by atoms with van der Waals surface area (Å²) in [7, 11) is 1.53. The summed E-state index contributed by atoms with van der Waals surface area (Å²) < 4.78 is 10.3. The molecule has 0 aliphatic heterocycles. The first-order valence-corrected chi connectivity index (χ1v) is 8.06. The number of ether oxygens (including phenoxy) is 2. The predicted molar refractivity (Wildman–Crippen MR) is 92.1 cm³/mol. The number of hydrogen-bond acceptors (Lipinski definition) is 5. The van der Waals surface area contributed by atoms with Crippen molar-refractivity contribution in [2.75, 3.05) is 13.7 Å². The number of methoxy groups -OCH3 is 1. The molecule has 0 radical (unpaired) electrons. The van der Waals surface area contributed by atoms with Gasteiger partial charge in [-0.25, -0.2) is 14.6 Å². The first-order chi connectivity index (χ1) is 11.2. The molecule has 0 fully saturated rings. The first-order valence-electron chi connectivity index (χ1n) is 8.06. The van der Waals surface area contributed by atoms with Crippen molar-refractivity contribution < 1.29 is 24.0 Å². The van der Waals surface area contributed by atoms with Gasteiger partial charge in [0.05, 0.1) is 6.61 Å². The van der Waals surface area contributed by atoms with Gasteiger partial charge in [-0.1, -0.05) is 36.9 Å². The van der Waals surface area contributed by atoms with Gasteiger partial charge in [-0.3, -0.25) is 0 Å².